The van der Waals surface area contributed by atoms with Crippen molar-refractivity contribution in [1.29, 1.82) is 5.41 Å². The highest BCUT2D eigenvalue weighted by Crippen LogP contribution is 2.28. The summed E-state index contributed by atoms with van der Waals surface area (Å²) in [5.41, 5.74) is 16.5. The summed E-state index contributed by atoms with van der Waals surface area (Å²) in [6.45, 7) is 1.86. The van der Waals surface area contributed by atoms with Gasteiger partial charge in [-0.25, -0.2) is 4.39 Å². The van der Waals surface area contributed by atoms with Crippen LogP contribution in [0.2, 0.25) is 0 Å². The van der Waals surface area contributed by atoms with E-state index < -0.39 is 60.0 Å². The predicted octanol–water partition coefficient (Wildman–Crippen LogP) is 3.98. The number of rotatable bonds is 22. The van der Waals surface area contributed by atoms with E-state index in [9.17, 15) is 24.0 Å². The first-order valence-corrected chi connectivity index (χ1v) is 24.6. The molecular weight excluding hydrogens is 922 g/mol. The lowest BCUT2D eigenvalue weighted by atomic mass is 9.85. The lowest BCUT2D eigenvalue weighted by Gasteiger charge is -2.29. The number of nitrogens with zero attached hydrogens (tertiary/aromatic N) is 1. The SMILES string of the molecule is COc1ccc2[nH]cc(CC(NC(=O)C3CCCC(N)C3)C(=O)NC(Cc3ccc(-c4ccccc4)cc3)C(=O)NC(CCCCNC(=N)N)C(=O)NCC(=O)Nc3ccc(N4CCOCC4)c(F)c3)c2c1. The standard InChI is InChI=1S/C53H66FN11O7/c1-71-40-18-19-43-41(30-40)37(31-59-43)28-46(63-49(67)36-10-7-11-38(55)27-36)52(70)64-45(26-33-13-15-35(16-14-33)34-8-3-2-4-9-34)51(69)62-44(12-5-6-21-58-53(56)57)50(68)60-32-48(66)61-39-17-20-47(42(54)29-39)65-22-24-72-25-23-65/h2-4,8-9,13-20,29-31,36,38,44-46,59H,5-7,10-12,21-28,32,55H2,1H3,(H,60,68)(H,61,66)(H,62,69)(H,63,67)(H,64,70)(H4,56,57,58). The van der Waals surface area contributed by atoms with Gasteiger partial charge in [-0.3, -0.25) is 29.4 Å². The smallest absolute Gasteiger partial charge is 0.243 e. The zero-order valence-electron chi connectivity index (χ0n) is 40.6. The normalized spacial score (nSPS) is 16.9. The fourth-order valence-electron chi connectivity index (χ4n) is 9.20. The molecule has 1 aliphatic heterocycles. The number of nitrogens with two attached hydrogens (primary N) is 2. The summed E-state index contributed by atoms with van der Waals surface area (Å²) in [5, 5.41) is 25.1. The van der Waals surface area contributed by atoms with Crippen molar-refractivity contribution in [2.24, 2.45) is 17.4 Å². The third kappa shape index (κ3) is 14.8. The van der Waals surface area contributed by atoms with Crippen LogP contribution in [0.3, 0.4) is 0 Å². The summed E-state index contributed by atoms with van der Waals surface area (Å²) in [7, 11) is 1.56. The van der Waals surface area contributed by atoms with E-state index >= 15 is 4.39 Å². The number of anilines is 2. The zero-order chi connectivity index (χ0) is 51.0. The Balaban J connectivity index is 1.11. The number of guanidine groups is 1. The number of unbranched alkanes of at least 4 members (excludes halogenated alkanes) is 1. The molecule has 2 heterocycles. The molecule has 1 aromatic heterocycles. The third-order valence-electron chi connectivity index (χ3n) is 13.1. The van der Waals surface area contributed by atoms with Gasteiger partial charge in [0.25, 0.3) is 0 Å². The van der Waals surface area contributed by atoms with E-state index in [0.29, 0.717) is 75.5 Å². The predicted molar refractivity (Wildman–Crippen MR) is 275 cm³/mol. The number of halogens is 1. The molecular formula is C53H66FN11O7. The number of carbonyl (C=O) groups excluding carboxylic acids is 5. The maximum atomic E-state index is 15.1. The molecule has 1 saturated carbocycles. The average molecular weight is 988 g/mol. The number of methoxy groups -OCH3 is 1. The summed E-state index contributed by atoms with van der Waals surface area (Å²) < 4.78 is 26.0. The molecule has 12 N–H and O–H groups in total. The molecule has 72 heavy (non-hydrogen) atoms. The van der Waals surface area contributed by atoms with Gasteiger partial charge in [0, 0.05) is 67.2 Å². The molecule has 18 nitrogen and oxygen atoms in total. The van der Waals surface area contributed by atoms with Crippen LogP contribution in [0, 0.1) is 17.1 Å². The van der Waals surface area contributed by atoms with E-state index in [2.05, 4.69) is 36.9 Å². The van der Waals surface area contributed by atoms with Crippen LogP contribution in [0.15, 0.2) is 97.2 Å². The van der Waals surface area contributed by atoms with Crippen LogP contribution in [0.25, 0.3) is 22.0 Å². The topological polar surface area (TPSA) is 271 Å². The van der Waals surface area contributed by atoms with Crippen LogP contribution in [0.1, 0.15) is 56.1 Å². The minimum absolute atomic E-state index is 0.00916. The minimum Gasteiger partial charge on any atom is -0.497 e. The first-order valence-electron chi connectivity index (χ1n) is 24.6. The number of H-pyrrole nitrogens is 1. The van der Waals surface area contributed by atoms with Crippen molar-refractivity contribution in [1.82, 2.24) is 31.6 Å². The van der Waals surface area contributed by atoms with Crippen molar-refractivity contribution in [2.75, 3.05) is 56.7 Å². The summed E-state index contributed by atoms with van der Waals surface area (Å²) in [6, 6.07) is 23.6. The van der Waals surface area contributed by atoms with Gasteiger partial charge >= 0.3 is 0 Å². The second-order valence-electron chi connectivity index (χ2n) is 18.4. The molecule has 19 heteroatoms. The second-order valence-corrected chi connectivity index (χ2v) is 18.4. The lowest BCUT2D eigenvalue weighted by Crippen LogP contribution is -2.58. The Morgan fingerprint density at radius 1 is 0.833 bits per heavy atom. The molecule has 5 unspecified atom stereocenters. The van der Waals surface area contributed by atoms with E-state index in [0.717, 1.165) is 40.4 Å². The summed E-state index contributed by atoms with van der Waals surface area (Å²) >= 11 is 0. The minimum atomic E-state index is -1.25. The van der Waals surface area contributed by atoms with Crippen LogP contribution in [0.4, 0.5) is 15.8 Å². The zero-order valence-corrected chi connectivity index (χ0v) is 40.6. The number of hydrogen-bond acceptors (Lipinski definition) is 10. The maximum Gasteiger partial charge on any atom is 0.243 e. The van der Waals surface area contributed by atoms with Crippen molar-refractivity contribution in [3.8, 4) is 16.9 Å². The highest BCUT2D eigenvalue weighted by Gasteiger charge is 2.33. The molecule has 382 valence electrons. The van der Waals surface area contributed by atoms with Gasteiger partial charge in [0.1, 0.15) is 29.7 Å². The van der Waals surface area contributed by atoms with Crippen molar-refractivity contribution < 1.29 is 37.8 Å². The summed E-state index contributed by atoms with van der Waals surface area (Å²) in [4.78, 5) is 75.6. The van der Waals surface area contributed by atoms with Crippen molar-refractivity contribution in [3.63, 3.8) is 0 Å². The number of nitrogens with one attached hydrogen (secondary N) is 8. The number of fused-ring (bicyclic) bond motifs is 1. The third-order valence-corrected chi connectivity index (χ3v) is 13.1. The first kappa shape index (κ1) is 52.3. The fourth-order valence-corrected chi connectivity index (χ4v) is 9.20. The summed E-state index contributed by atoms with van der Waals surface area (Å²) in [5.74, 6) is -3.43. The van der Waals surface area contributed by atoms with Crippen molar-refractivity contribution in [3.05, 3.63) is 114 Å². The molecule has 2 fully saturated rings. The van der Waals surface area contributed by atoms with Crippen LogP contribution >= 0.6 is 0 Å². The number of ether oxygens (including phenoxy) is 2. The van der Waals surface area contributed by atoms with Gasteiger partial charge in [-0.1, -0.05) is 61.0 Å². The van der Waals surface area contributed by atoms with Gasteiger partial charge in [-0.05, 0) is 97.2 Å². The number of aromatic amines is 1. The van der Waals surface area contributed by atoms with Gasteiger partial charge in [-0.2, -0.15) is 0 Å². The lowest BCUT2D eigenvalue weighted by molar-refractivity contribution is -0.134. The van der Waals surface area contributed by atoms with E-state index in [4.69, 9.17) is 26.4 Å². The largest absolute Gasteiger partial charge is 0.497 e. The van der Waals surface area contributed by atoms with Crippen LogP contribution in [0.5, 0.6) is 5.75 Å². The van der Waals surface area contributed by atoms with Gasteiger partial charge < -0.3 is 62.7 Å². The van der Waals surface area contributed by atoms with Gasteiger partial charge in [0.2, 0.25) is 29.5 Å². The molecule has 1 saturated heterocycles. The van der Waals surface area contributed by atoms with E-state index in [-0.39, 0.29) is 42.9 Å². The molecule has 0 bridgehead atoms. The Morgan fingerprint density at radius 2 is 1.56 bits per heavy atom. The van der Waals surface area contributed by atoms with Crippen molar-refractivity contribution >= 4 is 57.8 Å². The maximum absolute atomic E-state index is 15.1. The van der Waals surface area contributed by atoms with Crippen LogP contribution < -0.4 is 53.0 Å². The molecule has 7 rings (SSSR count). The number of aromatic nitrogens is 1. The number of benzene rings is 4. The number of hydrogen-bond donors (Lipinski definition) is 10. The van der Waals surface area contributed by atoms with E-state index in [1.807, 2.05) is 77.7 Å². The molecule has 2 aliphatic rings. The number of amides is 5. The number of morpholine rings is 1. The van der Waals surface area contributed by atoms with Crippen molar-refractivity contribution in [2.45, 2.75) is 82.0 Å². The monoisotopic (exact) mass is 988 g/mol. The highest BCUT2D eigenvalue weighted by atomic mass is 19.1. The van der Waals surface area contributed by atoms with Gasteiger partial charge in [0.05, 0.1) is 32.6 Å². The first-order chi connectivity index (χ1) is 34.8. The Labute approximate surface area is 418 Å². The fraction of sp³-hybridized carbons (Fsp3) is 0.396. The Morgan fingerprint density at radius 3 is 2.26 bits per heavy atom. The van der Waals surface area contributed by atoms with Gasteiger partial charge in [-0.15, -0.1) is 0 Å². The molecule has 5 aromatic rings. The summed E-state index contributed by atoms with van der Waals surface area (Å²) in [6.07, 6.45) is 5.53. The Bertz CT molecular complexity index is 2660. The number of carbonyl (C=O) groups is 5. The molecule has 4 aromatic carbocycles. The van der Waals surface area contributed by atoms with Crippen LogP contribution in [-0.2, 0) is 41.6 Å². The molecule has 5 atom stereocenters. The Kier molecular flexibility index (Phi) is 18.6. The highest BCUT2D eigenvalue weighted by molar-refractivity contribution is 5.98. The molecule has 0 radical (unpaired) electrons. The molecule has 5 amide bonds. The van der Waals surface area contributed by atoms with Gasteiger partial charge in [0.15, 0.2) is 5.96 Å². The molecule has 1 aliphatic carbocycles. The van der Waals surface area contributed by atoms with E-state index in [1.54, 1.807) is 25.4 Å². The Hall–Kier alpha value is -7.51. The average Bonchev–Trinajstić information content (AvgIpc) is 3.79. The molecule has 0 spiro atoms. The van der Waals surface area contributed by atoms with E-state index in [1.165, 1.54) is 6.07 Å². The quantitative estimate of drug-likeness (QED) is 0.0269. The van der Waals surface area contributed by atoms with Crippen LogP contribution in [-0.4, -0.2) is 111 Å². The second kappa shape index (κ2) is 25.6.